The van der Waals surface area contributed by atoms with Crippen LogP contribution < -0.4 is 15.4 Å². The maximum absolute atomic E-state index is 13.3. The first kappa shape index (κ1) is 23.0. The largest absolute Gasteiger partial charge is 0.484 e. The quantitative estimate of drug-likeness (QED) is 0.561. The Kier molecular flexibility index (Phi) is 8.78. The summed E-state index contributed by atoms with van der Waals surface area (Å²) >= 11 is 5.56. The summed E-state index contributed by atoms with van der Waals surface area (Å²) < 4.78 is 48.4. The van der Waals surface area contributed by atoms with Gasteiger partial charge in [0.2, 0.25) is 12.3 Å². The van der Waals surface area contributed by atoms with Crippen LogP contribution in [-0.4, -0.2) is 44.1 Å². The Labute approximate surface area is 171 Å². The fourth-order valence-electron chi connectivity index (χ4n) is 2.56. The number of hydrogen-bond donors (Lipinski definition) is 2. The van der Waals surface area contributed by atoms with Crippen molar-refractivity contribution in [2.45, 2.75) is 31.8 Å². The van der Waals surface area contributed by atoms with E-state index in [1.807, 2.05) is 0 Å². The number of carbonyl (C=O) groups excluding carboxylic acids is 2. The molecule has 2 N–H and O–H groups in total. The maximum atomic E-state index is 13.3. The minimum atomic E-state index is -2.34. The second-order valence-electron chi connectivity index (χ2n) is 6.62. The van der Waals surface area contributed by atoms with Crippen LogP contribution in [0.1, 0.15) is 19.3 Å². The molecular weight excluding hydrogens is 413 g/mol. The highest BCUT2D eigenvalue weighted by atomic mass is 35.5. The van der Waals surface area contributed by atoms with E-state index in [1.54, 1.807) is 0 Å². The van der Waals surface area contributed by atoms with Crippen LogP contribution >= 0.6 is 11.6 Å². The van der Waals surface area contributed by atoms with Crippen LogP contribution in [0.3, 0.4) is 0 Å². The third kappa shape index (κ3) is 7.94. The molecule has 29 heavy (non-hydrogen) atoms. The molecule has 1 aromatic carbocycles. The van der Waals surface area contributed by atoms with Crippen molar-refractivity contribution >= 4 is 23.4 Å². The highest BCUT2D eigenvalue weighted by Crippen LogP contribution is 2.34. The zero-order valence-corrected chi connectivity index (χ0v) is 16.3. The summed E-state index contributed by atoms with van der Waals surface area (Å²) in [6.07, 6.45) is -1.84. The number of ether oxygens (including phenoxy) is 2. The maximum Gasteiger partial charge on any atom is 0.262 e. The van der Waals surface area contributed by atoms with Crippen molar-refractivity contribution in [2.75, 3.05) is 19.8 Å². The Morgan fingerprint density at radius 1 is 1.24 bits per heavy atom. The van der Waals surface area contributed by atoms with Gasteiger partial charge in [-0.3, -0.25) is 9.59 Å². The van der Waals surface area contributed by atoms with Gasteiger partial charge in [0.05, 0.1) is 11.1 Å². The van der Waals surface area contributed by atoms with Gasteiger partial charge in [0.25, 0.3) is 5.91 Å². The molecule has 0 bridgehead atoms. The van der Waals surface area contributed by atoms with Crippen LogP contribution in [0.25, 0.3) is 0 Å². The van der Waals surface area contributed by atoms with Crippen molar-refractivity contribution < 1.29 is 32.2 Å². The van der Waals surface area contributed by atoms with Crippen molar-refractivity contribution in [3.8, 4) is 5.75 Å². The van der Waals surface area contributed by atoms with E-state index in [0.717, 1.165) is 6.07 Å². The normalized spacial score (nSPS) is 18.1. The topological polar surface area (TPSA) is 76.7 Å². The minimum absolute atomic E-state index is 0.0485. The van der Waals surface area contributed by atoms with Gasteiger partial charge in [0.15, 0.2) is 6.61 Å². The SMILES string of the molecule is C=C(CCNC(=O)COC1CC(C(F)F)C1)NC(=O)COc1ccc(Cl)c(F)c1. The number of amides is 2. The molecule has 0 aliphatic heterocycles. The predicted molar refractivity (Wildman–Crippen MR) is 100 cm³/mol. The van der Waals surface area contributed by atoms with Gasteiger partial charge in [-0.15, -0.1) is 0 Å². The molecular formula is C19H22ClF3N2O4. The fourth-order valence-corrected chi connectivity index (χ4v) is 2.67. The Morgan fingerprint density at radius 2 is 1.97 bits per heavy atom. The smallest absolute Gasteiger partial charge is 0.262 e. The second-order valence-corrected chi connectivity index (χ2v) is 7.02. The molecule has 1 aliphatic rings. The number of alkyl halides is 2. The number of hydrogen-bond acceptors (Lipinski definition) is 4. The summed E-state index contributed by atoms with van der Waals surface area (Å²) in [5.74, 6) is -2.00. The molecule has 10 heteroatoms. The van der Waals surface area contributed by atoms with Crippen molar-refractivity contribution in [1.29, 1.82) is 0 Å². The number of halogens is 4. The van der Waals surface area contributed by atoms with Crippen molar-refractivity contribution in [3.05, 3.63) is 41.3 Å². The molecule has 0 aromatic heterocycles. The van der Waals surface area contributed by atoms with Crippen LogP contribution in [0.5, 0.6) is 5.75 Å². The number of nitrogens with one attached hydrogen (secondary N) is 2. The molecule has 1 aromatic rings. The lowest BCUT2D eigenvalue weighted by molar-refractivity contribution is -0.134. The first-order valence-electron chi connectivity index (χ1n) is 8.96. The van der Waals surface area contributed by atoms with Gasteiger partial charge in [-0.25, -0.2) is 13.2 Å². The van der Waals surface area contributed by atoms with Crippen molar-refractivity contribution in [3.63, 3.8) is 0 Å². The van der Waals surface area contributed by atoms with E-state index in [9.17, 15) is 22.8 Å². The van der Waals surface area contributed by atoms with Crippen LogP contribution in [0.15, 0.2) is 30.5 Å². The van der Waals surface area contributed by atoms with Crippen molar-refractivity contribution in [2.24, 2.45) is 5.92 Å². The molecule has 0 atom stereocenters. The molecule has 0 unspecified atom stereocenters. The summed E-state index contributed by atoms with van der Waals surface area (Å²) in [4.78, 5) is 23.4. The van der Waals surface area contributed by atoms with Gasteiger partial charge in [-0.05, 0) is 25.0 Å². The molecule has 0 heterocycles. The monoisotopic (exact) mass is 434 g/mol. The fraction of sp³-hybridized carbons (Fsp3) is 0.474. The average molecular weight is 435 g/mol. The van der Waals surface area contributed by atoms with Gasteiger partial charge in [-0.1, -0.05) is 18.2 Å². The highest BCUT2D eigenvalue weighted by Gasteiger charge is 2.36. The molecule has 1 aliphatic carbocycles. The standard InChI is InChI=1S/C19H22ClF3N2O4/c1-11(25-18(27)10-28-13-2-3-15(20)16(21)8-13)4-5-24-17(26)9-29-14-6-12(7-14)19(22)23/h2-3,8,12,14,19H,1,4-7,9-10H2,(H,24,26)(H,25,27). The lowest BCUT2D eigenvalue weighted by atomic mass is 9.83. The molecule has 0 radical (unpaired) electrons. The number of benzene rings is 1. The third-order valence-electron chi connectivity index (χ3n) is 4.26. The van der Waals surface area contributed by atoms with E-state index in [4.69, 9.17) is 21.1 Å². The molecule has 160 valence electrons. The van der Waals surface area contributed by atoms with E-state index in [-0.39, 0.29) is 61.8 Å². The van der Waals surface area contributed by atoms with E-state index < -0.39 is 24.1 Å². The lowest BCUT2D eigenvalue weighted by Gasteiger charge is -2.34. The summed E-state index contributed by atoms with van der Waals surface area (Å²) in [6, 6.07) is 3.82. The van der Waals surface area contributed by atoms with Gasteiger partial charge >= 0.3 is 0 Å². The molecule has 2 amide bonds. The van der Waals surface area contributed by atoms with Crippen LogP contribution in [-0.2, 0) is 14.3 Å². The van der Waals surface area contributed by atoms with E-state index >= 15 is 0 Å². The molecule has 6 nitrogen and oxygen atoms in total. The Morgan fingerprint density at radius 3 is 2.62 bits per heavy atom. The van der Waals surface area contributed by atoms with Crippen LogP contribution in [0.2, 0.25) is 5.02 Å². The molecule has 0 spiro atoms. The first-order chi connectivity index (χ1) is 13.7. The van der Waals surface area contributed by atoms with Crippen molar-refractivity contribution in [1.82, 2.24) is 10.6 Å². The Bertz CT molecular complexity index is 742. The molecule has 0 saturated heterocycles. The predicted octanol–water partition coefficient (Wildman–Crippen LogP) is 3.05. The summed E-state index contributed by atoms with van der Waals surface area (Å²) in [6.45, 7) is 3.34. The highest BCUT2D eigenvalue weighted by molar-refractivity contribution is 6.30. The molecule has 2 rings (SSSR count). The van der Waals surface area contributed by atoms with Gasteiger partial charge in [0, 0.05) is 30.6 Å². The first-order valence-corrected chi connectivity index (χ1v) is 9.34. The van der Waals surface area contributed by atoms with Crippen LogP contribution in [0, 0.1) is 11.7 Å². The van der Waals surface area contributed by atoms with E-state index in [1.165, 1.54) is 12.1 Å². The third-order valence-corrected chi connectivity index (χ3v) is 4.57. The van der Waals surface area contributed by atoms with Gasteiger partial charge in [0.1, 0.15) is 18.2 Å². The molecule has 1 saturated carbocycles. The van der Waals surface area contributed by atoms with Gasteiger partial charge < -0.3 is 20.1 Å². The summed E-state index contributed by atoms with van der Waals surface area (Å²) in [5, 5.41) is 5.04. The van der Waals surface area contributed by atoms with Crippen LogP contribution in [0.4, 0.5) is 13.2 Å². The number of carbonyl (C=O) groups is 2. The summed E-state index contributed by atoms with van der Waals surface area (Å²) in [7, 11) is 0. The zero-order valence-electron chi connectivity index (χ0n) is 15.6. The summed E-state index contributed by atoms with van der Waals surface area (Å²) in [5.41, 5.74) is 0.362. The Balaban J connectivity index is 1.54. The van der Waals surface area contributed by atoms with Gasteiger partial charge in [-0.2, -0.15) is 0 Å². The van der Waals surface area contributed by atoms with E-state index in [2.05, 4.69) is 17.2 Å². The minimum Gasteiger partial charge on any atom is -0.484 e. The lowest BCUT2D eigenvalue weighted by Crippen LogP contribution is -2.38. The second kappa shape index (κ2) is 11.1. The Hall–Kier alpha value is -2.26. The number of rotatable bonds is 11. The zero-order chi connectivity index (χ0) is 21.4. The average Bonchev–Trinajstić information content (AvgIpc) is 2.61. The van der Waals surface area contributed by atoms with E-state index in [0.29, 0.717) is 5.70 Å². The molecule has 1 fully saturated rings.